The SMILES string of the molecule is COCCNC(=S)NC(=O)c1cccc([N+](=O)[O-])c1. The van der Waals surface area contributed by atoms with Gasteiger partial charge in [-0.2, -0.15) is 0 Å². The number of non-ortho nitro benzene ring substituents is 1. The van der Waals surface area contributed by atoms with Crippen molar-refractivity contribution in [1.82, 2.24) is 10.6 Å². The van der Waals surface area contributed by atoms with Gasteiger partial charge in [-0.25, -0.2) is 0 Å². The standard InChI is InChI=1S/C11H13N3O4S/c1-18-6-5-12-11(19)13-10(15)8-3-2-4-9(7-8)14(16)17/h2-4,7H,5-6H2,1H3,(H2,12,13,15,19). The minimum atomic E-state index is -0.564. The van der Waals surface area contributed by atoms with Gasteiger partial charge in [-0.1, -0.05) is 6.07 Å². The molecule has 0 saturated carbocycles. The lowest BCUT2D eigenvalue weighted by molar-refractivity contribution is -0.384. The second kappa shape index (κ2) is 7.39. The van der Waals surface area contributed by atoms with E-state index in [1.54, 1.807) is 7.11 Å². The summed E-state index contributed by atoms with van der Waals surface area (Å²) in [6.07, 6.45) is 0. The number of rotatable bonds is 5. The van der Waals surface area contributed by atoms with Crippen LogP contribution in [0.5, 0.6) is 0 Å². The molecule has 102 valence electrons. The molecule has 7 nitrogen and oxygen atoms in total. The molecule has 0 aliphatic rings. The van der Waals surface area contributed by atoms with Gasteiger partial charge in [0.25, 0.3) is 11.6 Å². The van der Waals surface area contributed by atoms with Crippen molar-refractivity contribution in [1.29, 1.82) is 0 Å². The zero-order valence-electron chi connectivity index (χ0n) is 10.2. The van der Waals surface area contributed by atoms with Crippen molar-refractivity contribution in [3.63, 3.8) is 0 Å². The largest absolute Gasteiger partial charge is 0.383 e. The number of ether oxygens (including phenoxy) is 1. The molecule has 0 radical (unpaired) electrons. The number of amides is 1. The predicted octanol–water partition coefficient (Wildman–Crippen LogP) is 0.845. The Bertz CT molecular complexity index is 493. The minimum absolute atomic E-state index is 0.147. The van der Waals surface area contributed by atoms with Crippen molar-refractivity contribution in [2.45, 2.75) is 0 Å². The molecule has 0 aromatic heterocycles. The number of thiocarbonyl (C=S) groups is 1. The fourth-order valence-electron chi connectivity index (χ4n) is 1.25. The number of carbonyl (C=O) groups is 1. The highest BCUT2D eigenvalue weighted by Gasteiger charge is 2.12. The molecule has 0 heterocycles. The summed E-state index contributed by atoms with van der Waals surface area (Å²) in [6.45, 7) is 0.914. The molecule has 0 unspecified atom stereocenters. The summed E-state index contributed by atoms with van der Waals surface area (Å²) in [5.41, 5.74) is 0.0241. The van der Waals surface area contributed by atoms with E-state index in [0.29, 0.717) is 13.2 Å². The predicted molar refractivity (Wildman–Crippen MR) is 73.0 cm³/mol. The van der Waals surface area contributed by atoms with Crippen LogP contribution in [-0.4, -0.2) is 36.2 Å². The van der Waals surface area contributed by atoms with Gasteiger partial charge < -0.3 is 10.1 Å². The molecule has 8 heteroatoms. The van der Waals surface area contributed by atoms with E-state index >= 15 is 0 Å². The summed E-state index contributed by atoms with van der Waals surface area (Å²) in [5.74, 6) is -0.501. The number of methoxy groups -OCH3 is 1. The number of benzene rings is 1. The van der Waals surface area contributed by atoms with Crippen molar-refractivity contribution in [2.24, 2.45) is 0 Å². The summed E-state index contributed by atoms with van der Waals surface area (Å²) in [4.78, 5) is 21.8. The van der Waals surface area contributed by atoms with Crippen LogP contribution in [0.15, 0.2) is 24.3 Å². The van der Waals surface area contributed by atoms with Gasteiger partial charge >= 0.3 is 0 Å². The van der Waals surface area contributed by atoms with Crippen molar-refractivity contribution in [3.05, 3.63) is 39.9 Å². The summed E-state index contributed by atoms with van der Waals surface area (Å²) in [5, 5.41) is 15.9. The highest BCUT2D eigenvalue weighted by Crippen LogP contribution is 2.12. The first-order valence-electron chi connectivity index (χ1n) is 5.37. The lowest BCUT2D eigenvalue weighted by Gasteiger charge is -2.08. The first-order valence-corrected chi connectivity index (χ1v) is 5.78. The summed E-state index contributed by atoms with van der Waals surface area (Å²) in [7, 11) is 1.55. The molecule has 1 amide bonds. The third kappa shape index (κ3) is 4.98. The first kappa shape index (κ1) is 15.0. The fraction of sp³-hybridized carbons (Fsp3) is 0.273. The van der Waals surface area contributed by atoms with Crippen LogP contribution in [0.1, 0.15) is 10.4 Å². The van der Waals surface area contributed by atoms with E-state index in [0.717, 1.165) is 0 Å². The van der Waals surface area contributed by atoms with Crippen molar-refractivity contribution in [3.8, 4) is 0 Å². The Kier molecular flexibility index (Phi) is 5.83. The van der Waals surface area contributed by atoms with E-state index in [1.807, 2.05) is 0 Å². The van der Waals surface area contributed by atoms with Crippen LogP contribution in [-0.2, 0) is 4.74 Å². The van der Waals surface area contributed by atoms with Crippen molar-refractivity contribution in [2.75, 3.05) is 20.3 Å². The second-order valence-corrected chi connectivity index (χ2v) is 3.92. The van der Waals surface area contributed by atoms with Crippen LogP contribution in [0.2, 0.25) is 0 Å². The molecular weight excluding hydrogens is 270 g/mol. The highest BCUT2D eigenvalue weighted by atomic mass is 32.1. The summed E-state index contributed by atoms with van der Waals surface area (Å²) >= 11 is 4.90. The maximum absolute atomic E-state index is 11.8. The maximum Gasteiger partial charge on any atom is 0.270 e. The Morgan fingerprint density at radius 2 is 2.26 bits per heavy atom. The average Bonchev–Trinajstić information content (AvgIpc) is 2.39. The van der Waals surface area contributed by atoms with E-state index in [1.165, 1.54) is 24.3 Å². The molecule has 1 rings (SSSR count). The molecule has 0 spiro atoms. The maximum atomic E-state index is 11.8. The van der Waals surface area contributed by atoms with Gasteiger partial charge in [-0.05, 0) is 18.3 Å². The van der Waals surface area contributed by atoms with E-state index in [-0.39, 0.29) is 16.4 Å². The summed E-state index contributed by atoms with van der Waals surface area (Å²) in [6, 6.07) is 5.41. The zero-order valence-corrected chi connectivity index (χ0v) is 11.0. The smallest absolute Gasteiger partial charge is 0.270 e. The van der Waals surface area contributed by atoms with Crippen molar-refractivity contribution < 1.29 is 14.5 Å². The molecule has 1 aromatic rings. The van der Waals surface area contributed by atoms with Gasteiger partial charge in [0.05, 0.1) is 11.5 Å². The normalized spacial score (nSPS) is 9.74. The molecule has 19 heavy (non-hydrogen) atoms. The van der Waals surface area contributed by atoms with Gasteiger partial charge in [0, 0.05) is 31.4 Å². The van der Waals surface area contributed by atoms with Gasteiger partial charge in [0.15, 0.2) is 5.11 Å². The lowest BCUT2D eigenvalue weighted by Crippen LogP contribution is -2.40. The van der Waals surface area contributed by atoms with Gasteiger partial charge in [0.1, 0.15) is 0 Å². The number of nitro groups is 1. The Balaban J connectivity index is 2.60. The molecule has 0 aliphatic carbocycles. The van der Waals surface area contributed by atoms with Crippen LogP contribution in [0, 0.1) is 10.1 Å². The molecule has 0 saturated heterocycles. The number of nitrogens with zero attached hydrogens (tertiary/aromatic N) is 1. The highest BCUT2D eigenvalue weighted by molar-refractivity contribution is 7.80. The molecular formula is C11H13N3O4S. The van der Waals surface area contributed by atoms with Gasteiger partial charge in [-0.3, -0.25) is 20.2 Å². The second-order valence-electron chi connectivity index (χ2n) is 3.51. The van der Waals surface area contributed by atoms with Crippen LogP contribution in [0.25, 0.3) is 0 Å². The zero-order chi connectivity index (χ0) is 14.3. The molecule has 1 aromatic carbocycles. The van der Waals surface area contributed by atoms with Crippen LogP contribution >= 0.6 is 12.2 Å². The monoisotopic (exact) mass is 283 g/mol. The minimum Gasteiger partial charge on any atom is -0.383 e. The van der Waals surface area contributed by atoms with Crippen LogP contribution in [0.4, 0.5) is 5.69 Å². The first-order chi connectivity index (χ1) is 9.04. The lowest BCUT2D eigenvalue weighted by atomic mass is 10.2. The summed E-state index contributed by atoms with van der Waals surface area (Å²) < 4.78 is 4.81. The third-order valence-electron chi connectivity index (χ3n) is 2.14. The van der Waals surface area contributed by atoms with E-state index in [4.69, 9.17) is 17.0 Å². The number of carbonyl (C=O) groups excluding carboxylic acids is 1. The molecule has 2 N–H and O–H groups in total. The average molecular weight is 283 g/mol. The number of hydrogen-bond acceptors (Lipinski definition) is 5. The fourth-order valence-corrected chi connectivity index (χ4v) is 1.44. The molecule has 0 atom stereocenters. The Morgan fingerprint density at radius 3 is 2.89 bits per heavy atom. The van der Waals surface area contributed by atoms with E-state index in [2.05, 4.69) is 10.6 Å². The van der Waals surface area contributed by atoms with Crippen LogP contribution < -0.4 is 10.6 Å². The Hall–Kier alpha value is -2.06. The Labute approximate surface area is 115 Å². The topological polar surface area (TPSA) is 93.5 Å². The number of hydrogen-bond donors (Lipinski definition) is 2. The quantitative estimate of drug-likeness (QED) is 0.360. The molecule has 0 fully saturated rings. The number of nitrogens with one attached hydrogen (secondary N) is 2. The third-order valence-corrected chi connectivity index (χ3v) is 2.38. The van der Waals surface area contributed by atoms with Gasteiger partial charge in [0.2, 0.25) is 0 Å². The number of nitro benzene ring substituents is 1. The van der Waals surface area contributed by atoms with Crippen LogP contribution in [0.3, 0.4) is 0 Å². The van der Waals surface area contributed by atoms with Gasteiger partial charge in [-0.15, -0.1) is 0 Å². The molecule has 0 aliphatic heterocycles. The molecule has 0 bridgehead atoms. The van der Waals surface area contributed by atoms with E-state index in [9.17, 15) is 14.9 Å². The van der Waals surface area contributed by atoms with Crippen molar-refractivity contribution >= 4 is 28.9 Å². The van der Waals surface area contributed by atoms with E-state index < -0.39 is 10.8 Å². The Morgan fingerprint density at radius 1 is 1.53 bits per heavy atom.